The van der Waals surface area contributed by atoms with Crippen molar-refractivity contribution >= 4 is 17.6 Å². The number of rotatable bonds is 6. The van der Waals surface area contributed by atoms with Crippen LogP contribution in [0.5, 0.6) is 0 Å². The van der Waals surface area contributed by atoms with E-state index in [1.807, 2.05) is 30.3 Å². The van der Waals surface area contributed by atoms with Gasteiger partial charge in [0.05, 0.1) is 0 Å². The van der Waals surface area contributed by atoms with Gasteiger partial charge in [-0.15, -0.1) is 0 Å². The second kappa shape index (κ2) is 7.75. The highest BCUT2D eigenvalue weighted by Gasteiger charge is 2.15. The van der Waals surface area contributed by atoms with Crippen LogP contribution < -0.4 is 10.6 Å². The third-order valence-electron chi connectivity index (χ3n) is 4.00. The van der Waals surface area contributed by atoms with Crippen LogP contribution in [0.4, 0.5) is 17.6 Å². The third kappa shape index (κ3) is 4.12. The lowest BCUT2D eigenvalue weighted by Gasteiger charge is -2.23. The van der Waals surface area contributed by atoms with Crippen LogP contribution in [0.25, 0.3) is 11.4 Å². The van der Waals surface area contributed by atoms with Gasteiger partial charge in [0.1, 0.15) is 0 Å². The zero-order chi connectivity index (χ0) is 17.6. The molecular weight excluding hydrogens is 310 g/mol. The monoisotopic (exact) mass is 333 g/mol. The average Bonchev–Trinajstić information content (AvgIpc) is 2.64. The maximum Gasteiger partial charge on any atom is 0.235 e. The SMILES string of the molecule is CCCCN(c1ccc(C)cc1)c1nc(N)nc(-c2ccccc2)n1. The lowest BCUT2D eigenvalue weighted by atomic mass is 10.2. The summed E-state index contributed by atoms with van der Waals surface area (Å²) in [6.07, 6.45) is 2.13. The average molecular weight is 333 g/mol. The highest BCUT2D eigenvalue weighted by molar-refractivity contribution is 5.62. The molecule has 0 bridgehead atoms. The van der Waals surface area contributed by atoms with Gasteiger partial charge in [-0.25, -0.2) is 0 Å². The van der Waals surface area contributed by atoms with Crippen molar-refractivity contribution in [2.24, 2.45) is 0 Å². The number of hydrogen-bond acceptors (Lipinski definition) is 5. The molecule has 25 heavy (non-hydrogen) atoms. The van der Waals surface area contributed by atoms with Crippen molar-refractivity contribution < 1.29 is 0 Å². The summed E-state index contributed by atoms with van der Waals surface area (Å²) < 4.78 is 0. The molecule has 5 heteroatoms. The first-order valence-corrected chi connectivity index (χ1v) is 8.58. The van der Waals surface area contributed by atoms with E-state index in [0.29, 0.717) is 11.8 Å². The molecule has 0 unspecified atom stereocenters. The van der Waals surface area contributed by atoms with Crippen LogP contribution in [-0.2, 0) is 0 Å². The number of nitrogens with two attached hydrogens (primary N) is 1. The second-order valence-corrected chi connectivity index (χ2v) is 6.02. The summed E-state index contributed by atoms with van der Waals surface area (Å²) in [5.74, 6) is 1.41. The van der Waals surface area contributed by atoms with Crippen LogP contribution >= 0.6 is 0 Å². The van der Waals surface area contributed by atoms with Gasteiger partial charge in [-0.2, -0.15) is 15.0 Å². The molecule has 3 aromatic rings. The molecule has 2 N–H and O–H groups in total. The highest BCUT2D eigenvalue weighted by atomic mass is 15.3. The number of aromatic nitrogens is 3. The van der Waals surface area contributed by atoms with Crippen molar-refractivity contribution in [3.8, 4) is 11.4 Å². The van der Waals surface area contributed by atoms with E-state index < -0.39 is 0 Å². The predicted octanol–water partition coefficient (Wildman–Crippen LogP) is 4.37. The van der Waals surface area contributed by atoms with Gasteiger partial charge in [0.15, 0.2) is 5.82 Å². The van der Waals surface area contributed by atoms with Gasteiger partial charge in [-0.05, 0) is 25.5 Å². The van der Waals surface area contributed by atoms with Crippen LogP contribution in [0.1, 0.15) is 25.3 Å². The molecule has 1 aromatic heterocycles. The molecule has 5 nitrogen and oxygen atoms in total. The minimum atomic E-state index is 0.234. The van der Waals surface area contributed by atoms with Crippen molar-refractivity contribution in [3.63, 3.8) is 0 Å². The van der Waals surface area contributed by atoms with Gasteiger partial charge in [-0.1, -0.05) is 61.4 Å². The van der Waals surface area contributed by atoms with Crippen LogP contribution in [0.3, 0.4) is 0 Å². The lowest BCUT2D eigenvalue weighted by molar-refractivity contribution is 0.769. The van der Waals surface area contributed by atoms with Crippen molar-refractivity contribution in [2.75, 3.05) is 17.2 Å². The molecule has 0 spiro atoms. The van der Waals surface area contributed by atoms with E-state index in [-0.39, 0.29) is 5.95 Å². The molecule has 2 aromatic carbocycles. The Morgan fingerprint density at radius 1 is 0.920 bits per heavy atom. The zero-order valence-corrected chi connectivity index (χ0v) is 14.7. The summed E-state index contributed by atoms with van der Waals surface area (Å²) >= 11 is 0. The first kappa shape index (κ1) is 16.9. The Morgan fingerprint density at radius 3 is 2.32 bits per heavy atom. The normalized spacial score (nSPS) is 10.6. The number of unbranched alkanes of at least 4 members (excludes halogenated alkanes) is 1. The first-order chi connectivity index (χ1) is 12.2. The Hall–Kier alpha value is -2.95. The highest BCUT2D eigenvalue weighted by Crippen LogP contribution is 2.25. The predicted molar refractivity (Wildman–Crippen MR) is 103 cm³/mol. The molecule has 0 atom stereocenters. The Bertz CT molecular complexity index is 815. The van der Waals surface area contributed by atoms with E-state index in [9.17, 15) is 0 Å². The quantitative estimate of drug-likeness (QED) is 0.725. The van der Waals surface area contributed by atoms with E-state index in [1.54, 1.807) is 0 Å². The summed E-state index contributed by atoms with van der Waals surface area (Å²) in [4.78, 5) is 15.5. The Labute approximate surface area is 148 Å². The summed E-state index contributed by atoms with van der Waals surface area (Å²) in [5, 5.41) is 0. The summed E-state index contributed by atoms with van der Waals surface area (Å²) in [5.41, 5.74) is 9.19. The number of nitrogen functional groups attached to an aromatic ring is 1. The van der Waals surface area contributed by atoms with Gasteiger partial charge in [0.25, 0.3) is 0 Å². The standard InChI is InChI=1S/C20H23N5/c1-3-4-14-25(17-12-10-15(2)11-13-17)20-23-18(22-19(21)24-20)16-8-6-5-7-9-16/h5-13H,3-4,14H2,1-2H3,(H2,21,22,23,24). The van der Waals surface area contributed by atoms with Crippen molar-refractivity contribution in [3.05, 3.63) is 60.2 Å². The van der Waals surface area contributed by atoms with Crippen molar-refractivity contribution in [1.29, 1.82) is 0 Å². The van der Waals surface area contributed by atoms with E-state index in [2.05, 4.69) is 58.0 Å². The van der Waals surface area contributed by atoms with Crippen molar-refractivity contribution in [2.45, 2.75) is 26.7 Å². The van der Waals surface area contributed by atoms with Crippen LogP contribution in [-0.4, -0.2) is 21.5 Å². The first-order valence-electron chi connectivity index (χ1n) is 8.58. The molecule has 0 aliphatic carbocycles. The number of anilines is 3. The third-order valence-corrected chi connectivity index (χ3v) is 4.00. The minimum Gasteiger partial charge on any atom is -0.368 e. The number of benzene rings is 2. The smallest absolute Gasteiger partial charge is 0.235 e. The van der Waals surface area contributed by atoms with Gasteiger partial charge in [0.2, 0.25) is 11.9 Å². The van der Waals surface area contributed by atoms with Crippen LogP contribution in [0, 0.1) is 6.92 Å². The van der Waals surface area contributed by atoms with Gasteiger partial charge in [-0.3, -0.25) is 0 Å². The molecule has 128 valence electrons. The summed E-state index contributed by atoms with van der Waals surface area (Å²) in [6, 6.07) is 18.2. The number of hydrogen-bond donors (Lipinski definition) is 1. The number of aryl methyl sites for hydroxylation is 1. The number of nitrogens with zero attached hydrogens (tertiary/aromatic N) is 4. The molecule has 3 rings (SSSR count). The molecule has 0 radical (unpaired) electrons. The fourth-order valence-corrected chi connectivity index (χ4v) is 2.60. The molecule has 0 amide bonds. The fraction of sp³-hybridized carbons (Fsp3) is 0.250. The maximum atomic E-state index is 5.98. The van der Waals surface area contributed by atoms with E-state index in [0.717, 1.165) is 30.6 Å². The summed E-state index contributed by atoms with van der Waals surface area (Å²) in [7, 11) is 0. The largest absolute Gasteiger partial charge is 0.368 e. The van der Waals surface area contributed by atoms with Gasteiger partial charge < -0.3 is 10.6 Å². The fourth-order valence-electron chi connectivity index (χ4n) is 2.60. The molecule has 1 heterocycles. The van der Waals surface area contributed by atoms with E-state index in [1.165, 1.54) is 5.56 Å². The molecule has 0 saturated heterocycles. The molecule has 0 aliphatic rings. The Balaban J connectivity index is 2.03. The topological polar surface area (TPSA) is 67.9 Å². The molecule has 0 fully saturated rings. The van der Waals surface area contributed by atoms with Crippen LogP contribution in [0.15, 0.2) is 54.6 Å². The lowest BCUT2D eigenvalue weighted by Crippen LogP contribution is -2.22. The second-order valence-electron chi connectivity index (χ2n) is 6.02. The maximum absolute atomic E-state index is 5.98. The van der Waals surface area contributed by atoms with E-state index >= 15 is 0 Å². The molecular formula is C20H23N5. The Morgan fingerprint density at radius 2 is 1.64 bits per heavy atom. The molecule has 0 aliphatic heterocycles. The Kier molecular flexibility index (Phi) is 5.23. The van der Waals surface area contributed by atoms with Gasteiger partial charge in [0, 0.05) is 17.8 Å². The minimum absolute atomic E-state index is 0.234. The van der Waals surface area contributed by atoms with Gasteiger partial charge >= 0.3 is 0 Å². The summed E-state index contributed by atoms with van der Waals surface area (Å²) in [6.45, 7) is 5.08. The van der Waals surface area contributed by atoms with Crippen LogP contribution in [0.2, 0.25) is 0 Å². The molecule has 0 saturated carbocycles. The van der Waals surface area contributed by atoms with Crippen molar-refractivity contribution in [1.82, 2.24) is 15.0 Å². The zero-order valence-electron chi connectivity index (χ0n) is 14.7. The van der Waals surface area contributed by atoms with E-state index in [4.69, 9.17) is 5.73 Å².